The molecule has 1 aromatic heterocycles. The molecule has 186 valence electrons. The number of fused-ring (bicyclic) bond motifs is 2. The topological polar surface area (TPSA) is 79.6 Å². The Morgan fingerprint density at radius 3 is 2.49 bits per heavy atom. The Balaban J connectivity index is 1.58. The molecule has 1 N–H and O–H groups in total. The van der Waals surface area contributed by atoms with Crippen molar-refractivity contribution in [3.8, 4) is 0 Å². The van der Waals surface area contributed by atoms with Gasteiger partial charge in [0.05, 0.1) is 11.0 Å². The van der Waals surface area contributed by atoms with Gasteiger partial charge in [-0.2, -0.15) is 0 Å². The molecular weight excluding hydrogens is 442 g/mol. The van der Waals surface area contributed by atoms with Gasteiger partial charge in [0.25, 0.3) is 5.91 Å². The van der Waals surface area contributed by atoms with Crippen LogP contribution in [0.1, 0.15) is 42.6 Å². The SMILES string of the molecule is CC(C)CC(=O)N1CCCN(C(=O)c2ccc3c(c2)n(C)c(=O)n3C)CCNCc2ccccc21. The molecule has 8 heteroatoms. The summed E-state index contributed by atoms with van der Waals surface area (Å²) in [6, 6.07) is 13.4. The maximum atomic E-state index is 13.5. The first kappa shape index (κ1) is 24.7. The minimum Gasteiger partial charge on any atom is -0.337 e. The summed E-state index contributed by atoms with van der Waals surface area (Å²) in [5, 5.41) is 3.44. The van der Waals surface area contributed by atoms with Gasteiger partial charge in [0.15, 0.2) is 0 Å². The van der Waals surface area contributed by atoms with Crippen molar-refractivity contribution in [1.82, 2.24) is 19.4 Å². The normalized spacial score (nSPS) is 15.2. The number of nitrogens with one attached hydrogen (secondary N) is 1. The first-order chi connectivity index (χ1) is 16.8. The highest BCUT2D eigenvalue weighted by molar-refractivity contribution is 5.97. The van der Waals surface area contributed by atoms with E-state index in [9.17, 15) is 14.4 Å². The maximum Gasteiger partial charge on any atom is 0.328 e. The Morgan fingerprint density at radius 1 is 0.971 bits per heavy atom. The van der Waals surface area contributed by atoms with E-state index in [1.165, 1.54) is 0 Å². The van der Waals surface area contributed by atoms with Gasteiger partial charge in [0.2, 0.25) is 5.91 Å². The molecule has 0 saturated heterocycles. The Labute approximate surface area is 206 Å². The molecule has 2 amide bonds. The van der Waals surface area contributed by atoms with Crippen LogP contribution in [0.15, 0.2) is 47.3 Å². The van der Waals surface area contributed by atoms with Crippen LogP contribution in [0.25, 0.3) is 11.0 Å². The summed E-state index contributed by atoms with van der Waals surface area (Å²) in [5.74, 6) is 0.315. The smallest absolute Gasteiger partial charge is 0.328 e. The Hall–Kier alpha value is -3.39. The number of aromatic nitrogens is 2. The van der Waals surface area contributed by atoms with E-state index in [1.54, 1.807) is 35.4 Å². The molecule has 0 unspecified atom stereocenters. The number of benzene rings is 2. The zero-order valence-corrected chi connectivity index (χ0v) is 21.1. The van der Waals surface area contributed by atoms with Gasteiger partial charge in [-0.3, -0.25) is 18.7 Å². The molecule has 3 aromatic rings. The van der Waals surface area contributed by atoms with E-state index in [-0.39, 0.29) is 23.4 Å². The van der Waals surface area contributed by atoms with Gasteiger partial charge < -0.3 is 15.1 Å². The number of hydrogen-bond acceptors (Lipinski definition) is 4. The van der Waals surface area contributed by atoms with E-state index in [4.69, 9.17) is 0 Å². The van der Waals surface area contributed by atoms with Gasteiger partial charge in [-0.25, -0.2) is 4.79 Å². The minimum atomic E-state index is -0.116. The second kappa shape index (κ2) is 10.5. The summed E-state index contributed by atoms with van der Waals surface area (Å²) in [5.41, 5.74) is 4.01. The van der Waals surface area contributed by atoms with Crippen LogP contribution in [-0.4, -0.2) is 52.0 Å². The highest BCUT2D eigenvalue weighted by Gasteiger charge is 2.22. The second-order valence-electron chi connectivity index (χ2n) is 9.70. The fraction of sp³-hybridized carbons (Fsp3) is 0.444. The summed E-state index contributed by atoms with van der Waals surface area (Å²) >= 11 is 0. The van der Waals surface area contributed by atoms with E-state index in [1.807, 2.05) is 34.1 Å². The number of carbonyl (C=O) groups is 2. The Kier molecular flexibility index (Phi) is 7.40. The number of rotatable bonds is 3. The molecule has 0 spiro atoms. The lowest BCUT2D eigenvalue weighted by molar-refractivity contribution is -0.119. The molecule has 0 aliphatic carbocycles. The zero-order valence-electron chi connectivity index (χ0n) is 21.1. The molecule has 1 aliphatic rings. The van der Waals surface area contributed by atoms with Gasteiger partial charge in [-0.05, 0) is 42.2 Å². The monoisotopic (exact) mass is 477 g/mol. The van der Waals surface area contributed by atoms with Crippen molar-refractivity contribution < 1.29 is 9.59 Å². The van der Waals surface area contributed by atoms with Crippen molar-refractivity contribution >= 4 is 28.5 Å². The summed E-state index contributed by atoms with van der Waals surface area (Å²) < 4.78 is 3.15. The third-order valence-electron chi connectivity index (χ3n) is 6.66. The lowest BCUT2D eigenvalue weighted by Crippen LogP contribution is -2.39. The first-order valence-corrected chi connectivity index (χ1v) is 12.3. The third kappa shape index (κ3) is 5.17. The lowest BCUT2D eigenvalue weighted by Gasteiger charge is -2.27. The number of nitrogens with zero attached hydrogens (tertiary/aromatic N) is 4. The van der Waals surface area contributed by atoms with Gasteiger partial charge in [0, 0.05) is 64.5 Å². The average molecular weight is 478 g/mol. The number of aryl methyl sites for hydroxylation is 2. The van der Waals surface area contributed by atoms with Crippen LogP contribution < -0.4 is 15.9 Å². The van der Waals surface area contributed by atoms with Crippen molar-refractivity contribution in [2.24, 2.45) is 20.0 Å². The van der Waals surface area contributed by atoms with Crippen molar-refractivity contribution in [3.05, 3.63) is 64.1 Å². The van der Waals surface area contributed by atoms with Gasteiger partial charge in [-0.15, -0.1) is 0 Å². The van der Waals surface area contributed by atoms with Crippen molar-refractivity contribution in [2.75, 3.05) is 31.1 Å². The van der Waals surface area contributed by atoms with Gasteiger partial charge in [0.1, 0.15) is 0 Å². The number of anilines is 1. The van der Waals surface area contributed by atoms with Crippen LogP contribution in [0, 0.1) is 5.92 Å². The van der Waals surface area contributed by atoms with Crippen LogP contribution in [0.4, 0.5) is 5.69 Å². The first-order valence-electron chi connectivity index (χ1n) is 12.3. The predicted molar refractivity (Wildman–Crippen MR) is 139 cm³/mol. The molecule has 2 aromatic carbocycles. The summed E-state index contributed by atoms with van der Waals surface area (Å²) in [7, 11) is 3.45. The summed E-state index contributed by atoms with van der Waals surface area (Å²) in [4.78, 5) is 42.7. The van der Waals surface area contributed by atoms with Gasteiger partial charge in [-0.1, -0.05) is 32.0 Å². The maximum absolute atomic E-state index is 13.5. The highest BCUT2D eigenvalue weighted by atomic mass is 16.2. The molecule has 0 bridgehead atoms. The quantitative estimate of drug-likeness (QED) is 0.629. The van der Waals surface area contributed by atoms with Gasteiger partial charge >= 0.3 is 5.69 Å². The molecule has 0 fully saturated rings. The molecule has 0 atom stereocenters. The van der Waals surface area contributed by atoms with Crippen LogP contribution in [0.3, 0.4) is 0 Å². The molecule has 2 heterocycles. The largest absolute Gasteiger partial charge is 0.337 e. The van der Waals surface area contributed by atoms with Crippen LogP contribution in [0.5, 0.6) is 0 Å². The zero-order chi connectivity index (χ0) is 25.1. The highest BCUT2D eigenvalue weighted by Crippen LogP contribution is 2.23. The van der Waals surface area contributed by atoms with E-state index in [0.717, 1.165) is 22.3 Å². The minimum absolute atomic E-state index is 0.0678. The van der Waals surface area contributed by atoms with Crippen molar-refractivity contribution in [1.29, 1.82) is 0 Å². The third-order valence-corrected chi connectivity index (χ3v) is 6.66. The number of carbonyl (C=O) groups excluding carboxylic acids is 2. The number of para-hydroxylation sites is 1. The van der Waals surface area contributed by atoms with Crippen LogP contribution in [-0.2, 0) is 25.4 Å². The second-order valence-corrected chi connectivity index (χ2v) is 9.70. The van der Waals surface area contributed by atoms with E-state index < -0.39 is 0 Å². The molecule has 0 radical (unpaired) electrons. The molecule has 0 saturated carbocycles. The van der Waals surface area contributed by atoms with E-state index >= 15 is 0 Å². The average Bonchev–Trinajstić information content (AvgIpc) is 3.03. The fourth-order valence-corrected chi connectivity index (χ4v) is 4.76. The number of imidazole rings is 1. The number of amides is 2. The molecule has 4 rings (SSSR count). The van der Waals surface area contributed by atoms with Crippen LogP contribution in [0.2, 0.25) is 0 Å². The van der Waals surface area contributed by atoms with E-state index in [0.29, 0.717) is 51.1 Å². The fourth-order valence-electron chi connectivity index (χ4n) is 4.76. The van der Waals surface area contributed by atoms with E-state index in [2.05, 4.69) is 25.2 Å². The summed E-state index contributed by atoms with van der Waals surface area (Å²) in [6.45, 7) is 7.04. The van der Waals surface area contributed by atoms with Crippen LogP contribution >= 0.6 is 0 Å². The van der Waals surface area contributed by atoms with Crippen molar-refractivity contribution in [3.63, 3.8) is 0 Å². The molecular formula is C27H35N5O3. The predicted octanol–water partition coefficient (Wildman–Crippen LogP) is 2.89. The lowest BCUT2D eigenvalue weighted by atomic mass is 10.1. The molecule has 35 heavy (non-hydrogen) atoms. The summed E-state index contributed by atoms with van der Waals surface area (Å²) in [6.07, 6.45) is 1.16. The Bertz CT molecular complexity index is 1290. The number of hydrogen-bond donors (Lipinski definition) is 1. The molecule has 8 nitrogen and oxygen atoms in total. The molecule has 1 aliphatic heterocycles. The standard InChI is InChI=1S/C27H35N5O3/c1-19(2)16-25(33)32-14-7-13-31(15-12-28-18-21-8-5-6-9-22(21)32)26(34)20-10-11-23-24(17-20)30(4)27(35)29(23)3/h5-6,8-11,17,19,28H,7,12-16,18H2,1-4H3. The van der Waals surface area contributed by atoms with Crippen molar-refractivity contribution in [2.45, 2.75) is 33.2 Å². The Morgan fingerprint density at radius 2 is 1.71 bits per heavy atom.